The second kappa shape index (κ2) is 4.04. The van der Waals surface area contributed by atoms with Crippen molar-refractivity contribution in [2.24, 2.45) is 5.92 Å². The SMILES string of the molecule is CC(=O)N(F)[C@H](C(=O)O)C(C)C. The molecule has 0 aromatic heterocycles. The van der Waals surface area contributed by atoms with Gasteiger partial charge in [0.2, 0.25) is 5.91 Å². The molecule has 0 aliphatic rings. The van der Waals surface area contributed by atoms with Crippen molar-refractivity contribution in [3.05, 3.63) is 0 Å². The molecule has 0 aromatic carbocycles. The molecule has 1 atom stereocenters. The maximum atomic E-state index is 12.8. The van der Waals surface area contributed by atoms with Crippen molar-refractivity contribution in [2.75, 3.05) is 0 Å². The maximum Gasteiger partial charge on any atom is 0.329 e. The van der Waals surface area contributed by atoms with Gasteiger partial charge in [0.25, 0.3) is 0 Å². The Bertz CT molecular complexity index is 193. The highest BCUT2D eigenvalue weighted by molar-refractivity contribution is 5.81. The molecule has 0 spiro atoms. The van der Waals surface area contributed by atoms with E-state index >= 15 is 0 Å². The molecular formula is C7H12FNO3. The van der Waals surface area contributed by atoms with Crippen LogP contribution >= 0.6 is 0 Å². The summed E-state index contributed by atoms with van der Waals surface area (Å²) in [6.45, 7) is 4.06. The molecule has 4 nitrogen and oxygen atoms in total. The molecule has 0 radical (unpaired) electrons. The Balaban J connectivity index is 4.51. The van der Waals surface area contributed by atoms with Gasteiger partial charge < -0.3 is 5.11 Å². The number of rotatable bonds is 3. The lowest BCUT2D eigenvalue weighted by Gasteiger charge is -2.21. The number of amides is 1. The predicted octanol–water partition coefficient (Wildman–Crippen LogP) is 0.829. The number of halogens is 1. The first-order valence-electron chi connectivity index (χ1n) is 3.56. The average molecular weight is 177 g/mol. The molecular weight excluding hydrogens is 165 g/mol. The smallest absolute Gasteiger partial charge is 0.329 e. The number of carboxylic acids is 1. The molecule has 70 valence electrons. The summed E-state index contributed by atoms with van der Waals surface area (Å²) in [5, 5.41) is 8.27. The summed E-state index contributed by atoms with van der Waals surface area (Å²) >= 11 is 0. The summed E-state index contributed by atoms with van der Waals surface area (Å²) in [6.07, 6.45) is 0. The van der Waals surface area contributed by atoms with Gasteiger partial charge in [-0.1, -0.05) is 18.3 Å². The van der Waals surface area contributed by atoms with Gasteiger partial charge in [-0.3, -0.25) is 4.79 Å². The van der Waals surface area contributed by atoms with Gasteiger partial charge in [0.1, 0.15) is 0 Å². The molecule has 0 fully saturated rings. The van der Waals surface area contributed by atoms with Crippen molar-refractivity contribution >= 4 is 11.9 Å². The zero-order valence-electron chi connectivity index (χ0n) is 7.24. The van der Waals surface area contributed by atoms with Crippen LogP contribution in [-0.4, -0.2) is 28.1 Å². The van der Waals surface area contributed by atoms with E-state index in [1.807, 2.05) is 0 Å². The van der Waals surface area contributed by atoms with E-state index in [-0.39, 0.29) is 5.12 Å². The highest BCUT2D eigenvalue weighted by atomic mass is 19.2. The van der Waals surface area contributed by atoms with E-state index in [9.17, 15) is 14.1 Å². The largest absolute Gasteiger partial charge is 0.480 e. The van der Waals surface area contributed by atoms with Crippen LogP contribution in [0.2, 0.25) is 0 Å². The molecule has 0 rings (SSSR count). The van der Waals surface area contributed by atoms with Crippen LogP contribution < -0.4 is 0 Å². The van der Waals surface area contributed by atoms with Crippen molar-refractivity contribution in [1.29, 1.82) is 0 Å². The third kappa shape index (κ3) is 2.48. The zero-order valence-corrected chi connectivity index (χ0v) is 7.24. The van der Waals surface area contributed by atoms with E-state index in [4.69, 9.17) is 5.11 Å². The first-order valence-corrected chi connectivity index (χ1v) is 3.56. The summed E-state index contributed by atoms with van der Waals surface area (Å²) in [5.74, 6) is -2.67. The minimum Gasteiger partial charge on any atom is -0.480 e. The first kappa shape index (κ1) is 10.9. The minimum atomic E-state index is -1.39. The molecule has 0 aliphatic heterocycles. The topological polar surface area (TPSA) is 57.6 Å². The second-order valence-corrected chi connectivity index (χ2v) is 2.86. The van der Waals surface area contributed by atoms with Crippen molar-refractivity contribution in [1.82, 2.24) is 5.12 Å². The quantitative estimate of drug-likeness (QED) is 0.649. The third-order valence-corrected chi connectivity index (χ3v) is 1.43. The molecule has 1 amide bonds. The van der Waals surface area contributed by atoms with Crippen molar-refractivity contribution < 1.29 is 19.2 Å². The van der Waals surface area contributed by atoms with Gasteiger partial charge in [0, 0.05) is 6.92 Å². The number of carbonyl (C=O) groups is 2. The van der Waals surface area contributed by atoms with Crippen LogP contribution in [-0.2, 0) is 9.59 Å². The number of aliphatic carboxylic acids is 1. The van der Waals surface area contributed by atoms with Crippen molar-refractivity contribution in [3.8, 4) is 0 Å². The fourth-order valence-electron chi connectivity index (χ4n) is 0.840. The van der Waals surface area contributed by atoms with E-state index in [0.717, 1.165) is 6.92 Å². The summed E-state index contributed by atoms with van der Waals surface area (Å²) < 4.78 is 12.8. The summed E-state index contributed by atoms with van der Waals surface area (Å²) in [4.78, 5) is 20.9. The van der Waals surface area contributed by atoms with Gasteiger partial charge >= 0.3 is 5.97 Å². The van der Waals surface area contributed by atoms with Crippen LogP contribution in [0.5, 0.6) is 0 Å². The molecule has 1 N–H and O–H groups in total. The molecule has 12 heavy (non-hydrogen) atoms. The second-order valence-electron chi connectivity index (χ2n) is 2.86. The van der Waals surface area contributed by atoms with Crippen LogP contribution in [0.1, 0.15) is 20.8 Å². The van der Waals surface area contributed by atoms with Gasteiger partial charge in [-0.2, -0.15) is 5.12 Å². The monoisotopic (exact) mass is 177 g/mol. The van der Waals surface area contributed by atoms with Crippen LogP contribution in [0.15, 0.2) is 0 Å². The Morgan fingerprint density at radius 3 is 1.92 bits per heavy atom. The van der Waals surface area contributed by atoms with Gasteiger partial charge in [-0.25, -0.2) is 4.79 Å². The van der Waals surface area contributed by atoms with Crippen molar-refractivity contribution in [2.45, 2.75) is 26.8 Å². The Morgan fingerprint density at radius 1 is 1.42 bits per heavy atom. The fraction of sp³-hybridized carbons (Fsp3) is 0.714. The molecule has 0 heterocycles. The van der Waals surface area contributed by atoms with Crippen LogP contribution in [0.3, 0.4) is 0 Å². The first-order chi connectivity index (χ1) is 5.37. The zero-order chi connectivity index (χ0) is 9.89. The maximum absolute atomic E-state index is 12.8. The Labute approximate surface area is 69.9 Å². The number of hydrogen-bond acceptors (Lipinski definition) is 2. The number of hydrogen-bond donors (Lipinski definition) is 1. The number of nitrogens with zero attached hydrogens (tertiary/aromatic N) is 1. The minimum absolute atomic E-state index is 0.257. The van der Waals surface area contributed by atoms with E-state index in [2.05, 4.69) is 0 Å². The Kier molecular flexibility index (Phi) is 3.66. The molecule has 0 saturated heterocycles. The highest BCUT2D eigenvalue weighted by Gasteiger charge is 2.31. The average Bonchev–Trinajstić information content (AvgIpc) is 1.85. The highest BCUT2D eigenvalue weighted by Crippen LogP contribution is 2.11. The van der Waals surface area contributed by atoms with E-state index in [1.54, 1.807) is 0 Å². The molecule has 0 bridgehead atoms. The summed E-state index contributed by atoms with van der Waals surface area (Å²) in [5.41, 5.74) is 0. The molecule has 0 aromatic rings. The van der Waals surface area contributed by atoms with E-state index in [1.165, 1.54) is 13.8 Å². The van der Waals surface area contributed by atoms with Gasteiger partial charge in [-0.15, -0.1) is 0 Å². The van der Waals surface area contributed by atoms with Crippen molar-refractivity contribution in [3.63, 3.8) is 0 Å². The molecule has 0 aliphatic carbocycles. The van der Waals surface area contributed by atoms with Gasteiger partial charge in [-0.05, 0) is 5.92 Å². The number of carbonyl (C=O) groups excluding carboxylic acids is 1. The summed E-state index contributed by atoms with van der Waals surface area (Å²) in [7, 11) is 0. The van der Waals surface area contributed by atoms with Gasteiger partial charge in [0.15, 0.2) is 6.04 Å². The fourth-order valence-corrected chi connectivity index (χ4v) is 0.840. The normalized spacial score (nSPS) is 12.8. The lowest BCUT2D eigenvalue weighted by molar-refractivity contribution is -0.167. The van der Waals surface area contributed by atoms with Crippen LogP contribution in [0, 0.1) is 5.92 Å². The molecule has 0 saturated carbocycles. The predicted molar refractivity (Wildman–Crippen MR) is 39.9 cm³/mol. The lowest BCUT2D eigenvalue weighted by atomic mass is 10.0. The van der Waals surface area contributed by atoms with E-state index in [0.29, 0.717) is 0 Å². The lowest BCUT2D eigenvalue weighted by Crippen LogP contribution is -2.42. The molecule has 0 unspecified atom stereocenters. The molecule has 5 heteroatoms. The number of carboxylic acid groups (broad SMARTS) is 1. The standard InChI is InChI=1S/C7H12FNO3/c1-4(2)6(7(11)12)9(8)5(3)10/h4,6H,1-3H3,(H,11,12)/t6-/m0/s1. The van der Waals surface area contributed by atoms with Crippen LogP contribution in [0.25, 0.3) is 0 Å². The van der Waals surface area contributed by atoms with Gasteiger partial charge in [0.05, 0.1) is 0 Å². The third-order valence-electron chi connectivity index (χ3n) is 1.43. The summed E-state index contributed by atoms with van der Waals surface area (Å²) in [6, 6.07) is -1.39. The Morgan fingerprint density at radius 2 is 1.83 bits per heavy atom. The Hall–Kier alpha value is -1.13. The van der Waals surface area contributed by atoms with E-state index < -0.39 is 23.8 Å². The van der Waals surface area contributed by atoms with Crippen LogP contribution in [0.4, 0.5) is 4.48 Å².